The van der Waals surface area contributed by atoms with Crippen molar-refractivity contribution >= 4 is 12.0 Å². The van der Waals surface area contributed by atoms with Gasteiger partial charge in [0.05, 0.1) is 23.5 Å². The molecule has 120 valence electrons. The Morgan fingerprint density at radius 1 is 1.43 bits per heavy atom. The van der Waals surface area contributed by atoms with Crippen LogP contribution >= 0.6 is 0 Å². The zero-order valence-corrected chi connectivity index (χ0v) is 14.0. The molecule has 5 atom stereocenters. The smallest absolute Gasteiger partial charge is 0.148 e. The lowest BCUT2D eigenvalue weighted by atomic mass is 9.79. The predicted molar refractivity (Wildman–Crippen MR) is 85.7 cm³/mol. The van der Waals surface area contributed by atoms with E-state index in [1.165, 1.54) is 0 Å². The fourth-order valence-corrected chi connectivity index (χ4v) is 3.76. The van der Waals surface area contributed by atoms with Gasteiger partial charge < -0.3 is 5.11 Å². The maximum Gasteiger partial charge on any atom is 0.148 e. The van der Waals surface area contributed by atoms with Gasteiger partial charge in [0.25, 0.3) is 0 Å². The van der Waals surface area contributed by atoms with Gasteiger partial charge in [-0.1, -0.05) is 6.92 Å². The molecule has 0 radical (unpaired) electrons. The fourth-order valence-electron chi connectivity index (χ4n) is 3.76. The largest absolute Gasteiger partial charge is 0.392 e. The van der Waals surface area contributed by atoms with Gasteiger partial charge in [-0.15, -0.1) is 0 Å². The summed E-state index contributed by atoms with van der Waals surface area (Å²) in [6, 6.07) is 0.667. The van der Waals surface area contributed by atoms with E-state index in [-0.39, 0.29) is 29.2 Å². The number of hydrogen-bond acceptors (Lipinski definition) is 4. The summed E-state index contributed by atoms with van der Waals surface area (Å²) in [6.07, 6.45) is 4.95. The van der Waals surface area contributed by atoms with Crippen molar-refractivity contribution in [3.05, 3.63) is 0 Å². The van der Waals surface area contributed by atoms with Crippen molar-refractivity contribution in [2.24, 2.45) is 16.8 Å². The second-order valence-electron chi connectivity index (χ2n) is 7.66. The highest BCUT2D eigenvalue weighted by molar-refractivity contribution is 5.97. The number of carbonyl (C=O) groups excluding carboxylic acids is 1. The molecule has 4 heteroatoms. The minimum absolute atomic E-state index is 0.159. The highest BCUT2D eigenvalue weighted by atomic mass is 16.3. The third-order valence-corrected chi connectivity index (χ3v) is 5.01. The van der Waals surface area contributed by atoms with Crippen LogP contribution in [0.1, 0.15) is 53.4 Å². The van der Waals surface area contributed by atoms with E-state index in [2.05, 4.69) is 16.9 Å². The number of rotatable bonds is 4. The van der Waals surface area contributed by atoms with E-state index < -0.39 is 6.10 Å². The molecule has 2 unspecified atom stereocenters. The van der Waals surface area contributed by atoms with Gasteiger partial charge in [-0.25, -0.2) is 0 Å². The van der Waals surface area contributed by atoms with Crippen LogP contribution in [0.4, 0.5) is 0 Å². The summed E-state index contributed by atoms with van der Waals surface area (Å²) in [6.45, 7) is 8.12. The fraction of sp³-hybridized carbons (Fsp3) is 0.882. The topological polar surface area (TPSA) is 52.9 Å². The number of nitrogens with zero attached hydrogens (tertiary/aromatic N) is 2. The molecular formula is C17H30N2O2. The Kier molecular flexibility index (Phi) is 4.89. The number of piperidine rings is 1. The minimum atomic E-state index is -0.483. The van der Waals surface area contributed by atoms with E-state index in [1.54, 1.807) is 0 Å². The normalized spacial score (nSPS) is 35.3. The van der Waals surface area contributed by atoms with E-state index in [1.807, 2.05) is 33.9 Å². The molecule has 2 rings (SSSR count). The molecule has 2 fully saturated rings. The summed E-state index contributed by atoms with van der Waals surface area (Å²) in [4.78, 5) is 19.7. The van der Waals surface area contributed by atoms with Crippen molar-refractivity contribution in [2.75, 3.05) is 7.05 Å². The summed E-state index contributed by atoms with van der Waals surface area (Å²) < 4.78 is 0. The van der Waals surface area contributed by atoms with Crippen LogP contribution in [0, 0.1) is 11.8 Å². The van der Waals surface area contributed by atoms with Crippen molar-refractivity contribution in [3.63, 3.8) is 0 Å². The summed E-state index contributed by atoms with van der Waals surface area (Å²) in [5, 5.41) is 10.4. The van der Waals surface area contributed by atoms with Crippen LogP contribution in [-0.2, 0) is 4.79 Å². The van der Waals surface area contributed by atoms with Gasteiger partial charge in [0.1, 0.15) is 5.78 Å². The Hall–Kier alpha value is -0.740. The molecule has 1 N–H and O–H groups in total. The highest BCUT2D eigenvalue weighted by Gasteiger charge is 2.48. The zero-order valence-electron chi connectivity index (χ0n) is 14.0. The molecular weight excluding hydrogens is 264 g/mol. The van der Waals surface area contributed by atoms with Crippen molar-refractivity contribution in [2.45, 2.75) is 77.1 Å². The van der Waals surface area contributed by atoms with Gasteiger partial charge in [-0.2, -0.15) is 0 Å². The van der Waals surface area contributed by atoms with Crippen LogP contribution in [0.2, 0.25) is 0 Å². The average Bonchev–Trinajstić information content (AvgIpc) is 2.63. The van der Waals surface area contributed by atoms with Crippen LogP contribution in [0.25, 0.3) is 0 Å². The molecule has 2 aliphatic rings. The van der Waals surface area contributed by atoms with E-state index >= 15 is 0 Å². The monoisotopic (exact) mass is 294 g/mol. The molecule has 0 amide bonds. The molecule has 2 saturated heterocycles. The standard InChI is InChI=1S/C17H30N2O2/c1-6-11(10-18-17(2,3)4)16(21)15-13-8-7-12(19(13)5)9-14(15)20/h10-15,20H,6-9H2,1-5H3/t11?,12-,13+,14-,15?/m0/s1. The van der Waals surface area contributed by atoms with Gasteiger partial charge in [0, 0.05) is 18.3 Å². The Bertz CT molecular complexity index is 414. The number of hydrogen-bond donors (Lipinski definition) is 1. The van der Waals surface area contributed by atoms with Crippen molar-refractivity contribution in [3.8, 4) is 0 Å². The summed E-state index contributed by atoms with van der Waals surface area (Å²) in [7, 11) is 2.10. The van der Waals surface area contributed by atoms with Crippen LogP contribution < -0.4 is 0 Å². The quantitative estimate of drug-likeness (QED) is 0.809. The number of carbonyl (C=O) groups is 1. The van der Waals surface area contributed by atoms with E-state index in [0.29, 0.717) is 6.04 Å². The molecule has 0 saturated carbocycles. The first-order valence-electron chi connectivity index (χ1n) is 8.23. The van der Waals surface area contributed by atoms with Crippen molar-refractivity contribution in [1.82, 2.24) is 4.90 Å². The van der Waals surface area contributed by atoms with Crippen LogP contribution in [0.3, 0.4) is 0 Å². The lowest BCUT2D eigenvalue weighted by molar-refractivity contribution is -0.134. The lowest BCUT2D eigenvalue weighted by Gasteiger charge is -2.40. The average molecular weight is 294 g/mol. The van der Waals surface area contributed by atoms with E-state index in [9.17, 15) is 9.90 Å². The van der Waals surface area contributed by atoms with Crippen LogP contribution in [-0.4, -0.2) is 52.8 Å². The molecule has 0 spiro atoms. The number of Topliss-reactive ketones (excluding diaryl/α,β-unsaturated/α-hetero) is 1. The van der Waals surface area contributed by atoms with Gasteiger partial charge in [0.15, 0.2) is 0 Å². The predicted octanol–water partition coefficient (Wildman–Crippen LogP) is 2.29. The Labute approximate surface area is 128 Å². The van der Waals surface area contributed by atoms with Gasteiger partial charge in [-0.3, -0.25) is 14.7 Å². The maximum atomic E-state index is 12.9. The van der Waals surface area contributed by atoms with Crippen LogP contribution in [0.15, 0.2) is 4.99 Å². The first-order valence-corrected chi connectivity index (χ1v) is 8.23. The number of aliphatic hydroxyl groups excluding tert-OH is 1. The first-order chi connectivity index (χ1) is 9.74. The molecule has 0 aromatic carbocycles. The maximum absolute atomic E-state index is 12.9. The zero-order chi connectivity index (χ0) is 15.8. The lowest BCUT2D eigenvalue weighted by Crippen LogP contribution is -2.53. The van der Waals surface area contributed by atoms with Crippen LogP contribution in [0.5, 0.6) is 0 Å². The molecule has 0 aromatic heterocycles. The third-order valence-electron chi connectivity index (χ3n) is 5.01. The SMILES string of the molecule is CCC(C=NC(C)(C)C)C(=O)C1[C@H]2CC[C@@H](C[C@@H]1O)N2C. The highest BCUT2D eigenvalue weighted by Crippen LogP contribution is 2.39. The molecule has 21 heavy (non-hydrogen) atoms. The molecule has 2 heterocycles. The van der Waals surface area contributed by atoms with Crippen molar-refractivity contribution in [1.29, 1.82) is 0 Å². The molecule has 4 nitrogen and oxygen atoms in total. The van der Waals surface area contributed by atoms with Gasteiger partial charge in [0.2, 0.25) is 0 Å². The molecule has 0 aliphatic carbocycles. The second-order valence-corrected chi connectivity index (χ2v) is 7.66. The Morgan fingerprint density at radius 2 is 2.10 bits per heavy atom. The van der Waals surface area contributed by atoms with E-state index in [4.69, 9.17) is 0 Å². The summed E-state index contributed by atoms with van der Waals surface area (Å²) in [5.41, 5.74) is -0.159. The first kappa shape index (κ1) is 16.6. The Balaban J connectivity index is 2.15. The molecule has 0 aromatic rings. The number of aliphatic hydroxyl groups is 1. The third kappa shape index (κ3) is 3.54. The van der Waals surface area contributed by atoms with Gasteiger partial charge >= 0.3 is 0 Å². The van der Waals surface area contributed by atoms with Gasteiger partial charge in [-0.05, 0) is 53.5 Å². The molecule has 2 aliphatic heterocycles. The number of ketones is 1. The number of aliphatic imine (C=N–C) groups is 1. The minimum Gasteiger partial charge on any atom is -0.392 e. The summed E-state index contributed by atoms with van der Waals surface area (Å²) in [5.74, 6) is -0.241. The number of fused-ring (bicyclic) bond motifs is 2. The van der Waals surface area contributed by atoms with Crippen molar-refractivity contribution < 1.29 is 9.90 Å². The second kappa shape index (κ2) is 6.17. The van der Waals surface area contributed by atoms with E-state index in [0.717, 1.165) is 25.7 Å². The summed E-state index contributed by atoms with van der Waals surface area (Å²) >= 11 is 0. The Morgan fingerprint density at radius 3 is 2.67 bits per heavy atom. The molecule has 2 bridgehead atoms.